The molecule has 0 aliphatic rings. The lowest BCUT2D eigenvalue weighted by molar-refractivity contribution is -0.131. The Morgan fingerprint density at radius 2 is 2.11 bits per heavy atom. The molecule has 0 saturated heterocycles. The quantitative estimate of drug-likeness (QED) is 0.841. The number of hydrogen-bond donors (Lipinski definition) is 1. The van der Waals surface area contributed by atoms with E-state index in [1.54, 1.807) is 12.1 Å². The van der Waals surface area contributed by atoms with E-state index in [9.17, 15) is 4.79 Å². The van der Waals surface area contributed by atoms with E-state index < -0.39 is 5.97 Å². The van der Waals surface area contributed by atoms with Crippen LogP contribution in [0.25, 0.3) is 17.0 Å². The summed E-state index contributed by atoms with van der Waals surface area (Å²) >= 11 is 6.18. The van der Waals surface area contributed by atoms with Crippen LogP contribution in [0.3, 0.4) is 0 Å². The SMILES string of the molecule is Cc1cc(/C=C/C(=O)O)c2c(Cl)ccc(C)c2n1. The molecule has 4 heteroatoms. The molecular weight excluding hydrogens is 250 g/mol. The van der Waals surface area contributed by atoms with Gasteiger partial charge in [0.05, 0.1) is 10.5 Å². The topological polar surface area (TPSA) is 50.2 Å². The van der Waals surface area contributed by atoms with Crippen molar-refractivity contribution < 1.29 is 9.90 Å². The number of aryl methyl sites for hydroxylation is 2. The zero-order valence-corrected chi connectivity index (χ0v) is 10.8. The molecule has 0 atom stereocenters. The van der Waals surface area contributed by atoms with Crippen molar-refractivity contribution in [3.05, 3.63) is 46.1 Å². The van der Waals surface area contributed by atoms with Gasteiger partial charge in [-0.05, 0) is 43.2 Å². The fraction of sp³-hybridized carbons (Fsp3) is 0.143. The first kappa shape index (κ1) is 12.6. The molecule has 0 radical (unpaired) electrons. The third kappa shape index (κ3) is 2.36. The first-order chi connectivity index (χ1) is 8.49. The van der Waals surface area contributed by atoms with Gasteiger partial charge >= 0.3 is 5.97 Å². The Kier molecular flexibility index (Phi) is 3.34. The van der Waals surface area contributed by atoms with Crippen molar-refractivity contribution in [3.8, 4) is 0 Å². The Labute approximate surface area is 110 Å². The summed E-state index contributed by atoms with van der Waals surface area (Å²) < 4.78 is 0. The standard InChI is InChI=1S/C14H12ClNO2/c1-8-3-5-11(15)13-10(4-6-12(17)18)7-9(2)16-14(8)13/h3-7H,1-2H3,(H,17,18)/b6-4+. The molecule has 1 aromatic heterocycles. The van der Waals surface area contributed by atoms with Crippen LogP contribution in [0.5, 0.6) is 0 Å². The second-order valence-electron chi connectivity index (χ2n) is 4.11. The molecule has 0 aliphatic carbocycles. The van der Waals surface area contributed by atoms with Gasteiger partial charge in [0.25, 0.3) is 0 Å². The third-order valence-electron chi connectivity index (χ3n) is 2.68. The number of rotatable bonds is 2. The highest BCUT2D eigenvalue weighted by Crippen LogP contribution is 2.29. The second-order valence-corrected chi connectivity index (χ2v) is 4.52. The maximum absolute atomic E-state index is 10.6. The van der Waals surface area contributed by atoms with Gasteiger partial charge in [0, 0.05) is 17.2 Å². The van der Waals surface area contributed by atoms with Gasteiger partial charge in [-0.1, -0.05) is 17.7 Å². The van der Waals surface area contributed by atoms with Gasteiger partial charge in [-0.25, -0.2) is 4.79 Å². The van der Waals surface area contributed by atoms with Crippen molar-refractivity contribution in [1.29, 1.82) is 0 Å². The molecule has 0 fully saturated rings. The van der Waals surface area contributed by atoms with E-state index in [2.05, 4.69) is 4.98 Å². The average Bonchev–Trinajstić information content (AvgIpc) is 2.30. The van der Waals surface area contributed by atoms with Crippen molar-refractivity contribution in [2.24, 2.45) is 0 Å². The number of halogens is 1. The molecule has 1 heterocycles. The molecule has 2 rings (SSSR count). The van der Waals surface area contributed by atoms with Crippen LogP contribution in [-0.4, -0.2) is 16.1 Å². The van der Waals surface area contributed by atoms with E-state index in [-0.39, 0.29) is 0 Å². The largest absolute Gasteiger partial charge is 0.478 e. The first-order valence-electron chi connectivity index (χ1n) is 5.46. The number of carboxylic acids is 1. The number of aliphatic carboxylic acids is 1. The molecule has 1 N–H and O–H groups in total. The second kappa shape index (κ2) is 4.78. The van der Waals surface area contributed by atoms with Crippen molar-refractivity contribution in [1.82, 2.24) is 4.98 Å². The summed E-state index contributed by atoms with van der Waals surface area (Å²) in [6.45, 7) is 3.83. The highest BCUT2D eigenvalue weighted by molar-refractivity contribution is 6.36. The number of fused-ring (bicyclic) bond motifs is 1. The number of carboxylic acid groups (broad SMARTS) is 1. The molecule has 0 unspecified atom stereocenters. The maximum Gasteiger partial charge on any atom is 0.328 e. The Morgan fingerprint density at radius 1 is 1.39 bits per heavy atom. The van der Waals surface area contributed by atoms with Crippen LogP contribution in [-0.2, 0) is 4.79 Å². The highest BCUT2D eigenvalue weighted by Gasteiger charge is 2.08. The molecule has 92 valence electrons. The van der Waals surface area contributed by atoms with Gasteiger partial charge in [0.1, 0.15) is 0 Å². The minimum absolute atomic E-state index is 0.577. The van der Waals surface area contributed by atoms with Gasteiger partial charge in [-0.3, -0.25) is 4.98 Å². The van der Waals surface area contributed by atoms with Gasteiger partial charge in [-0.15, -0.1) is 0 Å². The van der Waals surface area contributed by atoms with Gasteiger partial charge in [-0.2, -0.15) is 0 Å². The van der Waals surface area contributed by atoms with E-state index in [0.29, 0.717) is 5.02 Å². The molecule has 3 nitrogen and oxygen atoms in total. The van der Waals surface area contributed by atoms with E-state index in [0.717, 1.165) is 33.8 Å². The van der Waals surface area contributed by atoms with Crippen molar-refractivity contribution in [2.45, 2.75) is 13.8 Å². The molecule has 18 heavy (non-hydrogen) atoms. The van der Waals surface area contributed by atoms with Gasteiger partial charge in [0.2, 0.25) is 0 Å². The van der Waals surface area contributed by atoms with Gasteiger partial charge in [0.15, 0.2) is 0 Å². The number of pyridine rings is 1. The zero-order valence-electron chi connectivity index (χ0n) is 10.1. The van der Waals surface area contributed by atoms with E-state index in [1.165, 1.54) is 0 Å². The van der Waals surface area contributed by atoms with Crippen LogP contribution in [0.4, 0.5) is 0 Å². The van der Waals surface area contributed by atoms with Crippen molar-refractivity contribution in [2.75, 3.05) is 0 Å². The number of nitrogens with zero attached hydrogens (tertiary/aromatic N) is 1. The zero-order chi connectivity index (χ0) is 13.3. The number of hydrogen-bond acceptors (Lipinski definition) is 2. The number of benzene rings is 1. The first-order valence-corrected chi connectivity index (χ1v) is 5.84. The van der Waals surface area contributed by atoms with E-state index in [1.807, 2.05) is 26.0 Å². The molecule has 0 aliphatic heterocycles. The summed E-state index contributed by atoms with van der Waals surface area (Å²) in [6.07, 6.45) is 2.65. The fourth-order valence-electron chi connectivity index (χ4n) is 1.89. The minimum Gasteiger partial charge on any atom is -0.478 e. The molecule has 0 spiro atoms. The normalized spacial score (nSPS) is 11.3. The predicted molar refractivity (Wildman–Crippen MR) is 72.9 cm³/mol. The van der Waals surface area contributed by atoms with Crippen LogP contribution in [0.1, 0.15) is 16.8 Å². The maximum atomic E-state index is 10.6. The third-order valence-corrected chi connectivity index (χ3v) is 2.99. The van der Waals surface area contributed by atoms with Crippen LogP contribution in [0.15, 0.2) is 24.3 Å². The van der Waals surface area contributed by atoms with E-state index in [4.69, 9.17) is 16.7 Å². The van der Waals surface area contributed by atoms with E-state index >= 15 is 0 Å². The Bertz CT molecular complexity index is 662. The number of carbonyl (C=O) groups is 1. The lowest BCUT2D eigenvalue weighted by Crippen LogP contribution is -1.92. The summed E-state index contributed by atoms with van der Waals surface area (Å²) in [5.41, 5.74) is 3.43. The highest BCUT2D eigenvalue weighted by atomic mass is 35.5. The summed E-state index contributed by atoms with van der Waals surface area (Å²) in [5.74, 6) is -0.985. The Morgan fingerprint density at radius 3 is 2.78 bits per heavy atom. The molecular formula is C14H12ClNO2. The van der Waals surface area contributed by atoms with Crippen LogP contribution in [0.2, 0.25) is 5.02 Å². The summed E-state index contributed by atoms with van der Waals surface area (Å²) in [6, 6.07) is 5.53. The summed E-state index contributed by atoms with van der Waals surface area (Å²) in [7, 11) is 0. The smallest absolute Gasteiger partial charge is 0.328 e. The number of aromatic nitrogens is 1. The fourth-order valence-corrected chi connectivity index (χ4v) is 2.15. The average molecular weight is 262 g/mol. The van der Waals surface area contributed by atoms with Crippen LogP contribution >= 0.6 is 11.6 Å². The lowest BCUT2D eigenvalue weighted by atomic mass is 10.0. The van der Waals surface area contributed by atoms with Crippen LogP contribution < -0.4 is 0 Å². The lowest BCUT2D eigenvalue weighted by Gasteiger charge is -2.08. The van der Waals surface area contributed by atoms with Gasteiger partial charge < -0.3 is 5.11 Å². The Hall–Kier alpha value is -1.87. The minimum atomic E-state index is -0.985. The molecule has 0 amide bonds. The predicted octanol–water partition coefficient (Wildman–Crippen LogP) is 3.60. The summed E-state index contributed by atoms with van der Waals surface area (Å²) in [5, 5.41) is 10.1. The van der Waals surface area contributed by atoms with Crippen molar-refractivity contribution >= 4 is 34.5 Å². The van der Waals surface area contributed by atoms with Crippen molar-refractivity contribution in [3.63, 3.8) is 0 Å². The molecule has 2 aromatic rings. The van der Waals surface area contributed by atoms with Crippen LogP contribution in [0, 0.1) is 13.8 Å². The molecule has 1 aromatic carbocycles. The Balaban J connectivity index is 2.79. The summed E-state index contributed by atoms with van der Waals surface area (Å²) in [4.78, 5) is 15.1. The monoisotopic (exact) mass is 261 g/mol. The molecule has 0 saturated carbocycles. The molecule has 0 bridgehead atoms.